The maximum absolute atomic E-state index is 10.0. The second-order valence-corrected chi connectivity index (χ2v) is 7.53. The van der Waals surface area contributed by atoms with Crippen LogP contribution in [0.5, 0.6) is 11.5 Å². The summed E-state index contributed by atoms with van der Waals surface area (Å²) in [4.78, 5) is 6.82. The van der Waals surface area contributed by atoms with Crippen molar-refractivity contribution in [3.05, 3.63) is 46.2 Å². The largest absolute Gasteiger partial charge is 0.508 e. The molecule has 3 N–H and O–H groups in total. The van der Waals surface area contributed by atoms with Crippen LogP contribution < -0.4 is 15.4 Å². The van der Waals surface area contributed by atoms with E-state index in [1.807, 2.05) is 6.07 Å². The van der Waals surface area contributed by atoms with E-state index in [-0.39, 0.29) is 29.7 Å². The first-order chi connectivity index (χ1) is 13.2. The lowest BCUT2D eigenvalue weighted by Crippen LogP contribution is -2.48. The van der Waals surface area contributed by atoms with Crippen molar-refractivity contribution in [1.29, 1.82) is 0 Å². The molecule has 0 aliphatic carbocycles. The zero-order valence-electron chi connectivity index (χ0n) is 16.4. The number of methoxy groups -OCH3 is 1. The number of halogens is 1. The fourth-order valence-electron chi connectivity index (χ4n) is 3.27. The average Bonchev–Trinajstić information content (AvgIpc) is 3.20. The number of hydrogen-bond acceptors (Lipinski definition) is 5. The van der Waals surface area contributed by atoms with Crippen LogP contribution in [0, 0.1) is 0 Å². The molecule has 1 saturated heterocycles. The van der Waals surface area contributed by atoms with Crippen molar-refractivity contribution in [2.45, 2.75) is 32.0 Å². The summed E-state index contributed by atoms with van der Waals surface area (Å²) >= 11 is 1.76. The fraction of sp³-hybridized carbons (Fsp3) is 0.450. The number of phenols is 1. The highest BCUT2D eigenvalue weighted by molar-refractivity contribution is 14.0. The number of piperidine rings is 1. The number of likely N-dealkylation sites (tertiary alicyclic amines) is 1. The number of benzene rings is 1. The molecule has 0 spiro atoms. The molecule has 3 rings (SSSR count). The molecule has 28 heavy (non-hydrogen) atoms. The second kappa shape index (κ2) is 11.5. The van der Waals surface area contributed by atoms with E-state index in [1.54, 1.807) is 37.6 Å². The van der Waals surface area contributed by atoms with Gasteiger partial charge in [0.25, 0.3) is 0 Å². The molecule has 0 amide bonds. The van der Waals surface area contributed by atoms with E-state index in [9.17, 15) is 5.11 Å². The number of phenolic OH excluding ortho intramolecular Hbond substituents is 1. The van der Waals surface area contributed by atoms with Crippen molar-refractivity contribution >= 4 is 41.3 Å². The minimum Gasteiger partial charge on any atom is -0.508 e. The number of nitrogens with zero attached hydrogens (tertiary/aromatic N) is 2. The summed E-state index contributed by atoms with van der Waals surface area (Å²) in [5, 5.41) is 21.2. The van der Waals surface area contributed by atoms with Crippen LogP contribution >= 0.6 is 35.3 Å². The Morgan fingerprint density at radius 2 is 2.11 bits per heavy atom. The average molecular weight is 516 g/mol. The molecule has 1 aliphatic rings. The highest BCUT2D eigenvalue weighted by Gasteiger charge is 2.20. The summed E-state index contributed by atoms with van der Waals surface area (Å²) < 4.78 is 5.22. The van der Waals surface area contributed by atoms with Gasteiger partial charge in [0.1, 0.15) is 11.5 Å². The molecule has 0 bridgehead atoms. The number of hydrogen-bond donors (Lipinski definition) is 3. The maximum Gasteiger partial charge on any atom is 0.191 e. The van der Waals surface area contributed by atoms with Crippen LogP contribution in [-0.2, 0) is 13.1 Å². The third kappa shape index (κ3) is 6.52. The van der Waals surface area contributed by atoms with Gasteiger partial charge in [-0.05, 0) is 53.4 Å². The highest BCUT2D eigenvalue weighted by atomic mass is 127. The van der Waals surface area contributed by atoms with Crippen molar-refractivity contribution < 1.29 is 9.84 Å². The first-order valence-electron chi connectivity index (χ1n) is 9.24. The molecule has 1 aromatic carbocycles. The van der Waals surface area contributed by atoms with E-state index in [2.05, 4.69) is 37.4 Å². The Bertz CT molecular complexity index is 747. The molecule has 0 saturated carbocycles. The van der Waals surface area contributed by atoms with Crippen LogP contribution in [0.2, 0.25) is 0 Å². The number of guanidine groups is 1. The van der Waals surface area contributed by atoms with Gasteiger partial charge in [0.2, 0.25) is 0 Å². The summed E-state index contributed by atoms with van der Waals surface area (Å²) in [6.07, 6.45) is 2.19. The van der Waals surface area contributed by atoms with Crippen LogP contribution in [-0.4, -0.2) is 49.3 Å². The van der Waals surface area contributed by atoms with Crippen LogP contribution in [0.3, 0.4) is 0 Å². The maximum atomic E-state index is 10.0. The monoisotopic (exact) mass is 516 g/mol. The molecule has 0 atom stereocenters. The topological polar surface area (TPSA) is 69.1 Å². The van der Waals surface area contributed by atoms with E-state index >= 15 is 0 Å². The normalized spacial score (nSPS) is 15.7. The highest BCUT2D eigenvalue weighted by Crippen LogP contribution is 2.22. The smallest absolute Gasteiger partial charge is 0.191 e. The van der Waals surface area contributed by atoms with E-state index < -0.39 is 0 Å². The van der Waals surface area contributed by atoms with Crippen LogP contribution in [0.15, 0.2) is 40.0 Å². The number of ether oxygens (including phenoxy) is 1. The van der Waals surface area contributed by atoms with Crippen molar-refractivity contribution in [2.75, 3.05) is 27.2 Å². The van der Waals surface area contributed by atoms with Crippen molar-refractivity contribution in [1.82, 2.24) is 15.5 Å². The molecule has 0 radical (unpaired) electrons. The molecule has 2 aromatic rings. The Morgan fingerprint density at radius 3 is 2.75 bits per heavy atom. The number of rotatable bonds is 6. The van der Waals surface area contributed by atoms with E-state index in [0.717, 1.165) is 49.7 Å². The molecule has 1 aliphatic heterocycles. The lowest BCUT2D eigenvalue weighted by atomic mass is 10.0. The second-order valence-electron chi connectivity index (χ2n) is 6.75. The molecule has 1 aromatic heterocycles. The Kier molecular flexibility index (Phi) is 9.33. The van der Waals surface area contributed by atoms with Gasteiger partial charge in [-0.1, -0.05) is 0 Å². The summed E-state index contributed by atoms with van der Waals surface area (Å²) in [5.74, 6) is 1.74. The van der Waals surface area contributed by atoms with Crippen LogP contribution in [0.4, 0.5) is 0 Å². The minimum absolute atomic E-state index is 0. The standard InChI is InChI=1S/C20H28N4O2S.HI/c1-21-20(22-12-16-11-18(26-2)3-4-19(16)25)23-17-5-8-24(9-6-17)13-15-7-10-27-14-15;/h3-4,7,10-11,14,17,25H,5-6,8-9,12-13H2,1-2H3,(H2,21,22,23);1H. The van der Waals surface area contributed by atoms with Crippen molar-refractivity contribution in [3.8, 4) is 11.5 Å². The van der Waals surface area contributed by atoms with Gasteiger partial charge < -0.3 is 20.5 Å². The molecule has 6 nitrogen and oxygen atoms in total. The molecular formula is C20H29IN4O2S. The van der Waals surface area contributed by atoms with Gasteiger partial charge >= 0.3 is 0 Å². The molecule has 8 heteroatoms. The van der Waals surface area contributed by atoms with Crippen LogP contribution in [0.1, 0.15) is 24.0 Å². The Morgan fingerprint density at radius 1 is 1.32 bits per heavy atom. The third-order valence-electron chi connectivity index (χ3n) is 4.87. The van der Waals surface area contributed by atoms with Gasteiger partial charge in [-0.2, -0.15) is 11.3 Å². The number of nitrogens with one attached hydrogen (secondary N) is 2. The van der Waals surface area contributed by atoms with Gasteiger partial charge in [-0.15, -0.1) is 24.0 Å². The van der Waals surface area contributed by atoms with Gasteiger partial charge in [-0.3, -0.25) is 9.89 Å². The molecule has 154 valence electrons. The number of thiophene rings is 1. The van der Waals surface area contributed by atoms with Gasteiger partial charge in [0, 0.05) is 44.8 Å². The summed E-state index contributed by atoms with van der Waals surface area (Å²) in [6.45, 7) is 3.69. The van der Waals surface area contributed by atoms with Crippen molar-refractivity contribution in [3.63, 3.8) is 0 Å². The van der Waals surface area contributed by atoms with Gasteiger partial charge in [-0.25, -0.2) is 0 Å². The first-order valence-corrected chi connectivity index (χ1v) is 10.2. The SMILES string of the molecule is CN=C(NCc1cc(OC)ccc1O)NC1CCN(Cc2ccsc2)CC1.I. The van der Waals surface area contributed by atoms with Crippen LogP contribution in [0.25, 0.3) is 0 Å². The predicted molar refractivity (Wildman–Crippen MR) is 126 cm³/mol. The number of aliphatic imine (C=N–C) groups is 1. The quantitative estimate of drug-likeness (QED) is 0.312. The Labute approximate surface area is 188 Å². The lowest BCUT2D eigenvalue weighted by Gasteiger charge is -2.33. The summed E-state index contributed by atoms with van der Waals surface area (Å²) in [7, 11) is 3.39. The van der Waals surface area contributed by atoms with Gasteiger partial charge in [0.05, 0.1) is 7.11 Å². The van der Waals surface area contributed by atoms with E-state index in [4.69, 9.17) is 4.74 Å². The van der Waals surface area contributed by atoms with Gasteiger partial charge in [0.15, 0.2) is 5.96 Å². The van der Waals surface area contributed by atoms with E-state index in [1.165, 1.54) is 5.56 Å². The predicted octanol–water partition coefficient (Wildman–Crippen LogP) is 3.41. The first kappa shape index (κ1) is 22.8. The third-order valence-corrected chi connectivity index (χ3v) is 5.60. The fourth-order valence-corrected chi connectivity index (χ4v) is 3.93. The minimum atomic E-state index is 0. The molecular weight excluding hydrogens is 487 g/mol. The molecule has 0 unspecified atom stereocenters. The van der Waals surface area contributed by atoms with E-state index in [0.29, 0.717) is 12.6 Å². The summed E-state index contributed by atoms with van der Waals surface area (Å²) in [5.41, 5.74) is 2.19. The summed E-state index contributed by atoms with van der Waals surface area (Å²) in [6, 6.07) is 7.84. The van der Waals surface area contributed by atoms with Crippen molar-refractivity contribution in [2.24, 2.45) is 4.99 Å². The molecule has 1 fully saturated rings. The molecule has 2 heterocycles. The number of aromatic hydroxyl groups is 1. The zero-order valence-corrected chi connectivity index (χ0v) is 19.5. The lowest BCUT2D eigenvalue weighted by molar-refractivity contribution is 0.198. The Balaban J connectivity index is 0.00000280. The Hall–Kier alpha value is -1.52. The zero-order chi connectivity index (χ0) is 19.1.